The van der Waals surface area contributed by atoms with Crippen molar-refractivity contribution in [2.75, 3.05) is 13.7 Å². The third-order valence-corrected chi connectivity index (χ3v) is 5.22. The van der Waals surface area contributed by atoms with Gasteiger partial charge in [0.1, 0.15) is 5.75 Å². The van der Waals surface area contributed by atoms with Crippen molar-refractivity contribution < 1.29 is 4.74 Å². The van der Waals surface area contributed by atoms with Crippen molar-refractivity contribution in [2.24, 2.45) is 17.8 Å². The van der Waals surface area contributed by atoms with Gasteiger partial charge in [-0.1, -0.05) is 13.3 Å². The van der Waals surface area contributed by atoms with Crippen molar-refractivity contribution in [1.82, 2.24) is 10.3 Å². The van der Waals surface area contributed by atoms with Crippen molar-refractivity contribution in [3.8, 4) is 5.75 Å². The molecule has 2 fully saturated rings. The molecule has 1 heterocycles. The van der Waals surface area contributed by atoms with Crippen molar-refractivity contribution in [1.29, 1.82) is 0 Å². The zero-order valence-corrected chi connectivity index (χ0v) is 12.6. The molecule has 4 unspecified atom stereocenters. The fraction of sp³-hybridized carbons (Fsp3) is 0.706. The monoisotopic (exact) mass is 274 g/mol. The van der Waals surface area contributed by atoms with Gasteiger partial charge in [-0.25, -0.2) is 0 Å². The number of nitrogens with zero attached hydrogens (tertiary/aromatic N) is 1. The highest BCUT2D eigenvalue weighted by atomic mass is 16.5. The third kappa shape index (κ3) is 2.69. The molecule has 110 valence electrons. The summed E-state index contributed by atoms with van der Waals surface area (Å²) in [5, 5.41) is 3.62. The molecule has 1 aromatic rings. The summed E-state index contributed by atoms with van der Waals surface area (Å²) in [7, 11) is 1.74. The van der Waals surface area contributed by atoms with Gasteiger partial charge in [0.2, 0.25) is 0 Å². The minimum atomic E-state index is 0.334. The van der Waals surface area contributed by atoms with Crippen LogP contribution in [0.5, 0.6) is 5.75 Å². The first-order valence-corrected chi connectivity index (χ1v) is 8.04. The van der Waals surface area contributed by atoms with Crippen LogP contribution >= 0.6 is 0 Å². The molecule has 2 bridgehead atoms. The molecule has 0 aliphatic heterocycles. The van der Waals surface area contributed by atoms with Gasteiger partial charge in [-0.15, -0.1) is 0 Å². The highest BCUT2D eigenvalue weighted by Gasteiger charge is 2.40. The number of rotatable bonds is 6. The number of methoxy groups -OCH3 is 1. The van der Waals surface area contributed by atoms with E-state index in [2.05, 4.69) is 17.2 Å². The van der Waals surface area contributed by atoms with Crippen LogP contribution in [0.2, 0.25) is 0 Å². The number of fused-ring (bicyclic) bond motifs is 2. The Hall–Kier alpha value is -1.09. The zero-order chi connectivity index (χ0) is 13.9. The quantitative estimate of drug-likeness (QED) is 0.861. The first-order chi connectivity index (χ1) is 9.81. The summed E-state index contributed by atoms with van der Waals surface area (Å²) in [6, 6.07) is 4.30. The van der Waals surface area contributed by atoms with Crippen molar-refractivity contribution in [3.63, 3.8) is 0 Å². The van der Waals surface area contributed by atoms with E-state index in [9.17, 15) is 0 Å². The van der Waals surface area contributed by atoms with E-state index in [1.807, 2.05) is 18.3 Å². The molecule has 0 spiro atoms. The summed E-state index contributed by atoms with van der Waals surface area (Å²) >= 11 is 0. The van der Waals surface area contributed by atoms with Gasteiger partial charge in [0.15, 0.2) is 0 Å². The Labute approximate surface area is 122 Å². The van der Waals surface area contributed by atoms with Crippen LogP contribution in [0.4, 0.5) is 0 Å². The van der Waals surface area contributed by atoms with Crippen molar-refractivity contribution in [3.05, 3.63) is 24.0 Å². The van der Waals surface area contributed by atoms with Crippen LogP contribution in [0.15, 0.2) is 18.3 Å². The Morgan fingerprint density at radius 3 is 2.95 bits per heavy atom. The zero-order valence-electron chi connectivity index (χ0n) is 12.6. The van der Waals surface area contributed by atoms with Crippen LogP contribution in [0.3, 0.4) is 0 Å². The second kappa shape index (κ2) is 6.13. The van der Waals surface area contributed by atoms with Gasteiger partial charge in [-0.2, -0.15) is 0 Å². The number of pyridine rings is 1. The average molecular weight is 274 g/mol. The maximum Gasteiger partial charge on any atom is 0.141 e. The standard InChI is InChI=1S/C17H26N2O/c1-3-18-15(17-16(20-2)5-4-8-19-17)11-14-10-12-6-7-13(14)9-12/h4-5,8,12-15,18H,3,6-7,9-11H2,1-2H3. The molecule has 0 amide bonds. The second-order valence-corrected chi connectivity index (χ2v) is 6.37. The van der Waals surface area contributed by atoms with Gasteiger partial charge in [0, 0.05) is 6.20 Å². The maximum atomic E-state index is 5.50. The Kier molecular flexibility index (Phi) is 4.25. The first kappa shape index (κ1) is 13.9. The normalized spacial score (nSPS) is 29.6. The Balaban J connectivity index is 1.75. The van der Waals surface area contributed by atoms with E-state index in [0.29, 0.717) is 6.04 Å². The van der Waals surface area contributed by atoms with E-state index in [-0.39, 0.29) is 0 Å². The summed E-state index contributed by atoms with van der Waals surface area (Å²) < 4.78 is 5.50. The molecular formula is C17H26N2O. The van der Waals surface area contributed by atoms with Crippen LogP contribution in [0.25, 0.3) is 0 Å². The molecule has 0 aromatic carbocycles. The molecular weight excluding hydrogens is 248 g/mol. The van der Waals surface area contributed by atoms with Crippen LogP contribution in [0.1, 0.15) is 50.8 Å². The van der Waals surface area contributed by atoms with Gasteiger partial charge >= 0.3 is 0 Å². The fourth-order valence-electron chi connectivity index (χ4n) is 4.34. The second-order valence-electron chi connectivity index (χ2n) is 6.37. The minimum Gasteiger partial charge on any atom is -0.495 e. The number of aromatic nitrogens is 1. The highest BCUT2D eigenvalue weighted by Crippen LogP contribution is 2.51. The highest BCUT2D eigenvalue weighted by molar-refractivity contribution is 5.29. The lowest BCUT2D eigenvalue weighted by Crippen LogP contribution is -2.26. The molecule has 3 heteroatoms. The SMILES string of the molecule is CCNC(CC1CC2CCC1C2)c1ncccc1OC. The van der Waals surface area contributed by atoms with Gasteiger partial charge in [-0.05, 0) is 62.1 Å². The Morgan fingerprint density at radius 1 is 1.40 bits per heavy atom. The summed E-state index contributed by atoms with van der Waals surface area (Å²) in [4.78, 5) is 4.59. The number of hydrogen-bond donors (Lipinski definition) is 1. The summed E-state index contributed by atoms with van der Waals surface area (Å²) in [5.41, 5.74) is 1.08. The van der Waals surface area contributed by atoms with Crippen LogP contribution in [0, 0.1) is 17.8 Å². The van der Waals surface area contributed by atoms with E-state index < -0.39 is 0 Å². The van der Waals surface area contributed by atoms with Gasteiger partial charge in [0.05, 0.1) is 18.8 Å². The molecule has 4 atom stereocenters. The number of ether oxygens (including phenoxy) is 1. The minimum absolute atomic E-state index is 0.334. The summed E-state index contributed by atoms with van der Waals surface area (Å²) in [5.74, 6) is 3.78. The van der Waals surface area contributed by atoms with E-state index in [1.54, 1.807) is 7.11 Å². The Morgan fingerprint density at radius 2 is 2.30 bits per heavy atom. The van der Waals surface area contributed by atoms with Gasteiger partial charge in [-0.3, -0.25) is 4.98 Å². The molecule has 20 heavy (non-hydrogen) atoms. The van der Waals surface area contributed by atoms with Gasteiger partial charge < -0.3 is 10.1 Å². The fourth-order valence-corrected chi connectivity index (χ4v) is 4.34. The van der Waals surface area contributed by atoms with E-state index >= 15 is 0 Å². The lowest BCUT2D eigenvalue weighted by Gasteiger charge is -2.27. The molecule has 0 saturated heterocycles. The third-order valence-electron chi connectivity index (χ3n) is 5.22. The Bertz CT molecular complexity index is 448. The topological polar surface area (TPSA) is 34.2 Å². The summed E-state index contributed by atoms with van der Waals surface area (Å²) in [6.07, 6.45) is 8.92. The maximum absolute atomic E-state index is 5.50. The first-order valence-electron chi connectivity index (χ1n) is 8.04. The summed E-state index contributed by atoms with van der Waals surface area (Å²) in [6.45, 7) is 3.15. The predicted molar refractivity (Wildman–Crippen MR) is 80.8 cm³/mol. The lowest BCUT2D eigenvalue weighted by molar-refractivity contribution is 0.274. The molecule has 1 aromatic heterocycles. The molecule has 2 aliphatic carbocycles. The number of nitrogens with one attached hydrogen (secondary N) is 1. The average Bonchev–Trinajstić information content (AvgIpc) is 3.09. The van der Waals surface area contributed by atoms with Gasteiger partial charge in [0.25, 0.3) is 0 Å². The van der Waals surface area contributed by atoms with E-state index in [1.165, 1.54) is 32.1 Å². The van der Waals surface area contributed by atoms with Crippen molar-refractivity contribution >= 4 is 0 Å². The van der Waals surface area contributed by atoms with Crippen LogP contribution in [-0.4, -0.2) is 18.6 Å². The lowest BCUT2D eigenvalue weighted by atomic mass is 9.83. The van der Waals surface area contributed by atoms with Crippen LogP contribution < -0.4 is 10.1 Å². The van der Waals surface area contributed by atoms with Crippen molar-refractivity contribution in [2.45, 2.75) is 45.1 Å². The molecule has 1 N–H and O–H groups in total. The van der Waals surface area contributed by atoms with E-state index in [4.69, 9.17) is 4.74 Å². The number of hydrogen-bond acceptors (Lipinski definition) is 3. The molecule has 3 rings (SSSR count). The molecule has 3 nitrogen and oxygen atoms in total. The van der Waals surface area contributed by atoms with E-state index in [0.717, 1.165) is 35.7 Å². The molecule has 2 aliphatic rings. The van der Waals surface area contributed by atoms with Crippen LogP contribution in [-0.2, 0) is 0 Å². The predicted octanol–water partition coefficient (Wildman–Crippen LogP) is 3.57. The largest absolute Gasteiger partial charge is 0.495 e. The molecule has 2 saturated carbocycles. The smallest absolute Gasteiger partial charge is 0.141 e. The molecule has 0 radical (unpaired) electrons.